The van der Waals surface area contributed by atoms with Crippen LogP contribution in [0, 0.1) is 18.8 Å². The SMILES string of the molecule is CC.CC.CC(COC1C=CC(NCNC2CCCCC2)=CC(CC=O)C1)CN(C)CCO.CCN(C)C.CO.Cc1ccncc1. The normalized spacial score (nSPS) is 17.6. The summed E-state index contributed by atoms with van der Waals surface area (Å²) in [6, 6.07) is 4.57. The minimum absolute atomic E-state index is 0.0207. The second-order valence-corrected chi connectivity index (χ2v) is 11.7. The first-order chi connectivity index (χ1) is 22.8. The molecule has 9 nitrogen and oxygen atoms in total. The number of hydrogen-bond acceptors (Lipinski definition) is 9. The minimum atomic E-state index is 0.0207. The highest BCUT2D eigenvalue weighted by atomic mass is 16.5. The van der Waals surface area contributed by atoms with E-state index in [0.29, 0.717) is 31.5 Å². The van der Waals surface area contributed by atoms with Crippen LogP contribution in [0.5, 0.6) is 0 Å². The van der Waals surface area contributed by atoms with Crippen LogP contribution in [0.15, 0.2) is 48.5 Å². The van der Waals surface area contributed by atoms with Crippen molar-refractivity contribution >= 4 is 6.29 Å². The van der Waals surface area contributed by atoms with Gasteiger partial charge in [-0.1, -0.05) is 73.0 Å². The summed E-state index contributed by atoms with van der Waals surface area (Å²) in [5.41, 5.74) is 2.33. The standard InChI is InChI=1S/C23H41N3O3.C6H7N.C4H11N.2C2H6.CH4O/c1-19(16-26(2)11-13-28)17-29-23-9-8-22(14-20(15-23)10-12-27)25-18-24-21-6-4-3-5-7-21;1-6-2-4-7-5-3-6;1-4-5(2)3;3*1-2/h8-9,12,14,19-21,23-25,28H,3-7,10-11,13,15-18H2,1-2H3;2-5H,1H3;4H2,1-3H3;2*1-2H3;2H,1H3. The smallest absolute Gasteiger partial charge is 0.120 e. The van der Waals surface area contributed by atoms with Crippen LogP contribution in [0.3, 0.4) is 0 Å². The van der Waals surface area contributed by atoms with Gasteiger partial charge >= 0.3 is 0 Å². The van der Waals surface area contributed by atoms with Crippen LogP contribution in [0.1, 0.15) is 92.1 Å². The summed E-state index contributed by atoms with van der Waals surface area (Å²) < 4.78 is 6.16. The van der Waals surface area contributed by atoms with Gasteiger partial charge in [0.25, 0.3) is 0 Å². The first-order valence-electron chi connectivity index (χ1n) is 17.9. The van der Waals surface area contributed by atoms with Crippen molar-refractivity contribution in [2.24, 2.45) is 11.8 Å². The van der Waals surface area contributed by atoms with Gasteiger partial charge in [0.05, 0.1) is 26.0 Å². The number of aromatic nitrogens is 1. The number of aliphatic hydroxyl groups is 2. The van der Waals surface area contributed by atoms with Crippen molar-refractivity contribution in [1.82, 2.24) is 25.4 Å². The highest BCUT2D eigenvalue weighted by Crippen LogP contribution is 2.22. The topological polar surface area (TPSA) is 110 Å². The lowest BCUT2D eigenvalue weighted by molar-refractivity contribution is -0.108. The molecule has 0 spiro atoms. The molecule has 0 saturated heterocycles. The highest BCUT2D eigenvalue weighted by Gasteiger charge is 2.19. The van der Waals surface area contributed by atoms with E-state index in [0.717, 1.165) is 45.3 Å². The third kappa shape index (κ3) is 30.9. The van der Waals surface area contributed by atoms with Gasteiger partial charge in [-0.25, -0.2) is 0 Å². The number of carbonyl (C=O) groups excluding carboxylic acids is 1. The maximum absolute atomic E-state index is 11.1. The fourth-order valence-electron chi connectivity index (χ4n) is 4.66. The lowest BCUT2D eigenvalue weighted by atomic mass is 9.96. The number of ether oxygens (including phenoxy) is 1. The molecule has 0 bridgehead atoms. The van der Waals surface area contributed by atoms with Gasteiger partial charge in [0, 0.05) is 50.8 Å². The number of nitrogens with one attached hydrogen (secondary N) is 2. The zero-order valence-corrected chi connectivity index (χ0v) is 32.2. The predicted molar refractivity (Wildman–Crippen MR) is 202 cm³/mol. The molecule has 4 N–H and O–H groups in total. The number of rotatable bonds is 14. The number of likely N-dealkylation sites (N-methyl/N-ethyl adjacent to an activating group) is 1. The van der Waals surface area contributed by atoms with E-state index in [4.69, 9.17) is 14.9 Å². The van der Waals surface area contributed by atoms with E-state index < -0.39 is 0 Å². The Morgan fingerprint density at radius 1 is 1.06 bits per heavy atom. The van der Waals surface area contributed by atoms with Crippen molar-refractivity contribution in [3.63, 3.8) is 0 Å². The number of nitrogens with zero attached hydrogens (tertiary/aromatic N) is 3. The van der Waals surface area contributed by atoms with Gasteiger partial charge in [-0.2, -0.15) is 0 Å². The van der Waals surface area contributed by atoms with Crippen LogP contribution in [-0.4, -0.2) is 111 Å². The molecule has 1 aromatic heterocycles. The monoisotopic (exact) mass is 666 g/mol. The largest absolute Gasteiger partial charge is 0.400 e. The number of carbonyl (C=O) groups is 1. The lowest BCUT2D eigenvalue weighted by Gasteiger charge is -2.23. The maximum Gasteiger partial charge on any atom is 0.120 e. The molecule has 9 heteroatoms. The second-order valence-electron chi connectivity index (χ2n) is 11.7. The Kier molecular flexibility index (Phi) is 38.4. The molecule has 0 amide bonds. The Hall–Kier alpha value is -2.14. The van der Waals surface area contributed by atoms with E-state index in [1.807, 2.05) is 53.8 Å². The van der Waals surface area contributed by atoms with E-state index in [1.165, 1.54) is 37.7 Å². The third-order valence-electron chi connectivity index (χ3n) is 7.31. The van der Waals surface area contributed by atoms with Gasteiger partial charge in [0.1, 0.15) is 6.29 Å². The maximum atomic E-state index is 11.1. The number of allylic oxidation sites excluding steroid dienone is 2. The summed E-state index contributed by atoms with van der Waals surface area (Å²) in [4.78, 5) is 19.2. The van der Waals surface area contributed by atoms with E-state index >= 15 is 0 Å². The summed E-state index contributed by atoms with van der Waals surface area (Å²) in [5.74, 6) is 0.579. The molecule has 1 heterocycles. The third-order valence-corrected chi connectivity index (χ3v) is 7.31. The number of aliphatic hydroxyl groups excluding tert-OH is 2. The first-order valence-corrected chi connectivity index (χ1v) is 17.9. The zero-order chi connectivity index (χ0) is 36.3. The average Bonchev–Trinajstić information content (AvgIpc) is 3.29. The molecule has 0 radical (unpaired) electrons. The molecule has 1 saturated carbocycles. The number of aldehydes is 1. The fourth-order valence-corrected chi connectivity index (χ4v) is 4.66. The number of aryl methyl sites for hydroxylation is 1. The van der Waals surface area contributed by atoms with Crippen LogP contribution < -0.4 is 10.6 Å². The minimum Gasteiger partial charge on any atom is -0.400 e. The summed E-state index contributed by atoms with van der Waals surface area (Å²) in [5, 5.41) is 23.1. The van der Waals surface area contributed by atoms with Crippen LogP contribution in [0.2, 0.25) is 0 Å². The predicted octanol–water partition coefficient (Wildman–Crippen LogP) is 6.07. The van der Waals surface area contributed by atoms with Crippen molar-refractivity contribution < 1.29 is 19.7 Å². The molecule has 3 rings (SSSR count). The molecule has 3 unspecified atom stereocenters. The fraction of sp³-hybridized carbons (Fsp3) is 0.737. The van der Waals surface area contributed by atoms with Gasteiger partial charge < -0.3 is 34.9 Å². The average molecular weight is 666 g/mol. The Labute approximate surface area is 290 Å². The summed E-state index contributed by atoms with van der Waals surface area (Å²) in [6.45, 7) is 18.7. The van der Waals surface area contributed by atoms with Crippen molar-refractivity contribution in [1.29, 1.82) is 0 Å². The zero-order valence-electron chi connectivity index (χ0n) is 32.2. The molecule has 3 atom stereocenters. The molecule has 0 aromatic carbocycles. The first kappa shape index (κ1) is 49.2. The Bertz CT molecular complexity index is 833. The van der Waals surface area contributed by atoms with Crippen molar-refractivity contribution in [2.75, 3.05) is 67.8 Å². The van der Waals surface area contributed by atoms with Gasteiger partial charge in [0.2, 0.25) is 0 Å². The van der Waals surface area contributed by atoms with E-state index in [9.17, 15) is 4.79 Å². The molecule has 0 aliphatic heterocycles. The summed E-state index contributed by atoms with van der Waals surface area (Å²) in [7, 11) is 7.13. The summed E-state index contributed by atoms with van der Waals surface area (Å²) >= 11 is 0. The Morgan fingerprint density at radius 3 is 2.15 bits per heavy atom. The molecule has 1 fully saturated rings. The van der Waals surface area contributed by atoms with E-state index in [2.05, 4.69) is 71.6 Å². The quantitative estimate of drug-likeness (QED) is 0.139. The Balaban J connectivity index is -0.000000882. The molecule has 47 heavy (non-hydrogen) atoms. The van der Waals surface area contributed by atoms with Gasteiger partial charge in [-0.05, 0) is 89.5 Å². The van der Waals surface area contributed by atoms with Crippen molar-refractivity contribution in [2.45, 2.75) is 106 Å². The van der Waals surface area contributed by atoms with Crippen LogP contribution in [0.25, 0.3) is 0 Å². The molecule has 2 aliphatic rings. The molecule has 1 aromatic rings. The second kappa shape index (κ2) is 36.7. The molecular weight excluding hydrogens is 590 g/mol. The summed E-state index contributed by atoms with van der Waals surface area (Å²) in [6.07, 6.45) is 18.9. The number of pyridine rings is 1. The van der Waals surface area contributed by atoms with Crippen LogP contribution >= 0.6 is 0 Å². The van der Waals surface area contributed by atoms with Crippen LogP contribution in [0.4, 0.5) is 0 Å². The van der Waals surface area contributed by atoms with Crippen molar-refractivity contribution in [3.05, 3.63) is 54.0 Å². The Morgan fingerprint density at radius 2 is 1.66 bits per heavy atom. The molecular formula is C38H75N5O4. The molecule has 2 aliphatic carbocycles. The lowest BCUT2D eigenvalue weighted by Crippen LogP contribution is -2.37. The van der Waals surface area contributed by atoms with Crippen LogP contribution in [-0.2, 0) is 9.53 Å². The number of hydrogen-bond donors (Lipinski definition) is 4. The van der Waals surface area contributed by atoms with Gasteiger partial charge in [-0.15, -0.1) is 0 Å². The van der Waals surface area contributed by atoms with E-state index in [-0.39, 0.29) is 18.6 Å². The molecule has 276 valence electrons. The van der Waals surface area contributed by atoms with Gasteiger partial charge in [-0.3, -0.25) is 10.3 Å². The van der Waals surface area contributed by atoms with E-state index in [1.54, 1.807) is 12.4 Å². The highest BCUT2D eigenvalue weighted by molar-refractivity contribution is 5.50. The van der Waals surface area contributed by atoms with Gasteiger partial charge in [0.15, 0.2) is 0 Å². The van der Waals surface area contributed by atoms with Crippen molar-refractivity contribution in [3.8, 4) is 0 Å².